The Morgan fingerprint density at radius 3 is 2.38 bits per heavy atom. The van der Waals surface area contributed by atoms with Crippen molar-refractivity contribution in [3.05, 3.63) is 64.7 Å². The van der Waals surface area contributed by atoms with Crippen molar-refractivity contribution < 1.29 is 22.7 Å². The van der Waals surface area contributed by atoms with Crippen molar-refractivity contribution >= 4 is 33.5 Å². The van der Waals surface area contributed by atoms with Crippen molar-refractivity contribution in [2.24, 2.45) is 5.14 Å². The molecule has 7 nitrogen and oxygen atoms in total. The quantitative estimate of drug-likeness (QED) is 0.590. The molecule has 1 saturated carbocycles. The fourth-order valence-electron chi connectivity index (χ4n) is 4.13. The average Bonchev–Trinajstić information content (AvgIpc) is 2.77. The van der Waals surface area contributed by atoms with Gasteiger partial charge >= 0.3 is 5.97 Å². The van der Waals surface area contributed by atoms with Crippen molar-refractivity contribution in [3.63, 3.8) is 0 Å². The number of sulfonamides is 1. The Balaban J connectivity index is 1.63. The van der Waals surface area contributed by atoms with Crippen LogP contribution in [0.2, 0.25) is 5.02 Å². The van der Waals surface area contributed by atoms with E-state index in [-0.39, 0.29) is 4.90 Å². The lowest BCUT2D eigenvalue weighted by atomic mass is 9.69. The van der Waals surface area contributed by atoms with Crippen molar-refractivity contribution in [3.8, 4) is 0 Å². The molecule has 0 aromatic heterocycles. The highest BCUT2D eigenvalue weighted by molar-refractivity contribution is 7.89. The summed E-state index contributed by atoms with van der Waals surface area (Å²) in [5.74, 6) is -0.863. The maximum atomic E-state index is 13.1. The van der Waals surface area contributed by atoms with E-state index < -0.39 is 40.0 Å². The van der Waals surface area contributed by atoms with Crippen LogP contribution in [0.3, 0.4) is 0 Å². The highest BCUT2D eigenvalue weighted by atomic mass is 35.5. The second kappa shape index (κ2) is 10.0. The van der Waals surface area contributed by atoms with Crippen LogP contribution in [0.15, 0.2) is 53.4 Å². The van der Waals surface area contributed by atoms with E-state index >= 15 is 0 Å². The molecule has 2 aromatic carbocycles. The summed E-state index contributed by atoms with van der Waals surface area (Å²) in [6.07, 6.45) is 4.16. The number of nitrogens with one attached hydrogen (secondary N) is 1. The maximum Gasteiger partial charge on any atom is 0.317 e. The molecule has 172 valence electrons. The van der Waals surface area contributed by atoms with Gasteiger partial charge in [-0.25, -0.2) is 13.6 Å². The van der Waals surface area contributed by atoms with E-state index in [2.05, 4.69) is 5.32 Å². The molecule has 3 rings (SSSR count). The molecule has 1 atom stereocenters. The fourth-order valence-corrected chi connectivity index (χ4v) is 4.84. The number of primary sulfonamides is 1. The molecule has 0 bridgehead atoms. The van der Waals surface area contributed by atoms with Crippen LogP contribution in [-0.2, 0) is 29.8 Å². The Morgan fingerprint density at radius 1 is 1.12 bits per heavy atom. The number of hydrogen-bond acceptors (Lipinski definition) is 5. The van der Waals surface area contributed by atoms with Gasteiger partial charge in [-0.2, -0.15) is 0 Å². The van der Waals surface area contributed by atoms with Crippen LogP contribution in [0.25, 0.3) is 0 Å². The van der Waals surface area contributed by atoms with Gasteiger partial charge in [-0.15, -0.1) is 0 Å². The largest absolute Gasteiger partial charge is 0.455 e. The molecule has 0 aliphatic heterocycles. The lowest BCUT2D eigenvalue weighted by Gasteiger charge is -2.35. The zero-order valence-electron chi connectivity index (χ0n) is 17.8. The summed E-state index contributed by atoms with van der Waals surface area (Å²) in [7, 11) is -3.78. The van der Waals surface area contributed by atoms with Gasteiger partial charge in [-0.3, -0.25) is 9.59 Å². The Morgan fingerprint density at radius 2 is 1.78 bits per heavy atom. The molecule has 1 amide bonds. The van der Waals surface area contributed by atoms with Crippen LogP contribution in [0, 0.1) is 0 Å². The normalized spacial score (nSPS) is 16.7. The summed E-state index contributed by atoms with van der Waals surface area (Å²) in [5, 5.41) is 8.41. The molecule has 0 radical (unpaired) electrons. The Bertz CT molecular complexity index is 1080. The number of ether oxygens (including phenoxy) is 1. The third kappa shape index (κ3) is 5.68. The van der Waals surface area contributed by atoms with Gasteiger partial charge in [-0.1, -0.05) is 55.1 Å². The van der Waals surface area contributed by atoms with Crippen molar-refractivity contribution in [2.45, 2.75) is 55.4 Å². The zero-order valence-corrected chi connectivity index (χ0v) is 19.4. The van der Waals surface area contributed by atoms with E-state index in [1.807, 2.05) is 12.1 Å². The van der Waals surface area contributed by atoms with Gasteiger partial charge in [0.05, 0.1) is 16.4 Å². The summed E-state index contributed by atoms with van der Waals surface area (Å²) >= 11 is 6.15. The molecule has 9 heteroatoms. The van der Waals surface area contributed by atoms with Gasteiger partial charge in [0.1, 0.15) is 0 Å². The van der Waals surface area contributed by atoms with E-state index in [4.69, 9.17) is 21.5 Å². The van der Waals surface area contributed by atoms with Gasteiger partial charge in [0, 0.05) is 5.02 Å². The van der Waals surface area contributed by atoms with E-state index in [0.29, 0.717) is 23.4 Å². The average molecular weight is 479 g/mol. The van der Waals surface area contributed by atoms with E-state index in [1.165, 1.54) is 12.1 Å². The predicted molar refractivity (Wildman–Crippen MR) is 122 cm³/mol. The lowest BCUT2D eigenvalue weighted by Crippen LogP contribution is -2.41. The van der Waals surface area contributed by atoms with Gasteiger partial charge in [0.15, 0.2) is 6.61 Å². The number of carbonyl (C=O) groups is 2. The van der Waals surface area contributed by atoms with Crippen LogP contribution in [0.5, 0.6) is 0 Å². The minimum absolute atomic E-state index is 0.00694. The summed E-state index contributed by atoms with van der Waals surface area (Å²) in [6.45, 7) is 1.35. The van der Waals surface area contributed by atoms with Crippen molar-refractivity contribution in [2.75, 3.05) is 6.61 Å². The number of benzene rings is 2. The van der Waals surface area contributed by atoms with E-state index in [0.717, 1.165) is 24.8 Å². The number of rotatable bonds is 7. The summed E-state index contributed by atoms with van der Waals surface area (Å²) in [6, 6.07) is 12.8. The van der Waals surface area contributed by atoms with Crippen LogP contribution in [0.1, 0.15) is 56.2 Å². The van der Waals surface area contributed by atoms with Crippen LogP contribution >= 0.6 is 11.6 Å². The second-order valence-corrected chi connectivity index (χ2v) is 10.1. The van der Waals surface area contributed by atoms with Gasteiger partial charge in [0.25, 0.3) is 5.91 Å². The Kier molecular flexibility index (Phi) is 7.59. The number of amides is 1. The highest BCUT2D eigenvalue weighted by Crippen LogP contribution is 2.41. The third-order valence-corrected chi connectivity index (χ3v) is 7.06. The molecule has 32 heavy (non-hydrogen) atoms. The molecule has 1 aliphatic rings. The van der Waals surface area contributed by atoms with Gasteiger partial charge in [-0.05, 0) is 55.2 Å². The minimum Gasteiger partial charge on any atom is -0.455 e. The maximum absolute atomic E-state index is 13.1. The summed E-state index contributed by atoms with van der Waals surface area (Å²) < 4.78 is 28.2. The Hall–Kier alpha value is -2.42. The number of halogens is 1. The molecule has 0 spiro atoms. The standard InChI is InChI=1S/C23H27ClN2O5S/c1-16(17-8-10-20(11-9-17)32(25,29)30)26-21(27)15-31-22(28)23(12-3-2-4-13-23)18-6-5-7-19(24)14-18/h5-11,14,16H,2-4,12-13,15H2,1H3,(H,26,27)(H2,25,29,30)/t16-/m0/s1. The number of esters is 1. The first-order chi connectivity index (χ1) is 15.1. The summed E-state index contributed by atoms with van der Waals surface area (Å²) in [5.41, 5.74) is 0.719. The number of hydrogen-bond donors (Lipinski definition) is 2. The molecular weight excluding hydrogens is 452 g/mol. The topological polar surface area (TPSA) is 116 Å². The molecule has 0 heterocycles. The van der Waals surface area contributed by atoms with Crippen molar-refractivity contribution in [1.29, 1.82) is 0 Å². The predicted octanol–water partition coefficient (Wildman–Crippen LogP) is 3.61. The number of carbonyl (C=O) groups excluding carboxylic acids is 2. The molecule has 0 saturated heterocycles. The SMILES string of the molecule is C[C@H](NC(=O)COC(=O)C1(c2cccc(Cl)c2)CCCCC1)c1ccc(S(N)(=O)=O)cc1. The fraction of sp³-hybridized carbons (Fsp3) is 0.391. The first-order valence-corrected chi connectivity index (χ1v) is 12.4. The van der Waals surface area contributed by atoms with Gasteiger partial charge in [0.2, 0.25) is 10.0 Å². The van der Waals surface area contributed by atoms with Crippen LogP contribution in [0.4, 0.5) is 0 Å². The monoisotopic (exact) mass is 478 g/mol. The second-order valence-electron chi connectivity index (χ2n) is 8.13. The Labute approximate surface area is 193 Å². The molecule has 1 aliphatic carbocycles. The lowest BCUT2D eigenvalue weighted by molar-refractivity contribution is -0.156. The first kappa shape index (κ1) is 24.2. The summed E-state index contributed by atoms with van der Waals surface area (Å²) in [4.78, 5) is 25.5. The van der Waals surface area contributed by atoms with E-state index in [1.54, 1.807) is 31.2 Å². The molecule has 1 fully saturated rings. The zero-order chi connectivity index (χ0) is 23.4. The molecular formula is C23H27ClN2O5S. The van der Waals surface area contributed by atoms with E-state index in [9.17, 15) is 18.0 Å². The van der Waals surface area contributed by atoms with Gasteiger partial charge < -0.3 is 10.1 Å². The smallest absolute Gasteiger partial charge is 0.317 e. The minimum atomic E-state index is -3.78. The van der Waals surface area contributed by atoms with Crippen LogP contribution in [-0.4, -0.2) is 26.9 Å². The molecule has 3 N–H and O–H groups in total. The number of nitrogens with two attached hydrogens (primary N) is 1. The molecule has 2 aromatic rings. The highest BCUT2D eigenvalue weighted by Gasteiger charge is 2.43. The first-order valence-electron chi connectivity index (χ1n) is 10.5. The third-order valence-electron chi connectivity index (χ3n) is 5.90. The van der Waals surface area contributed by atoms with Crippen LogP contribution < -0.4 is 10.5 Å². The molecule has 0 unspecified atom stereocenters. The van der Waals surface area contributed by atoms with Crippen molar-refractivity contribution in [1.82, 2.24) is 5.32 Å².